The van der Waals surface area contributed by atoms with Gasteiger partial charge in [-0.05, 0) is 24.6 Å². The van der Waals surface area contributed by atoms with Crippen LogP contribution >= 0.6 is 0 Å². The van der Waals surface area contributed by atoms with Crippen molar-refractivity contribution in [1.82, 2.24) is 10.1 Å². The van der Waals surface area contributed by atoms with E-state index < -0.39 is 6.10 Å². The molecular formula is C17H22N2O5. The molecule has 0 fully saturated rings. The summed E-state index contributed by atoms with van der Waals surface area (Å²) in [5.74, 6) is 1.62. The molecule has 1 N–H and O–H groups in total. The summed E-state index contributed by atoms with van der Waals surface area (Å²) in [6.45, 7) is 1.93. The fourth-order valence-corrected chi connectivity index (χ4v) is 2.32. The highest BCUT2D eigenvalue weighted by Crippen LogP contribution is 2.30. The maximum Gasteiger partial charge on any atom is 0.228 e. The van der Waals surface area contributed by atoms with Gasteiger partial charge in [0.15, 0.2) is 11.5 Å². The van der Waals surface area contributed by atoms with E-state index in [1.54, 1.807) is 45.3 Å². The van der Waals surface area contributed by atoms with E-state index in [2.05, 4.69) is 5.16 Å². The van der Waals surface area contributed by atoms with Crippen molar-refractivity contribution in [2.24, 2.45) is 0 Å². The van der Waals surface area contributed by atoms with Gasteiger partial charge in [0.2, 0.25) is 5.91 Å². The van der Waals surface area contributed by atoms with Crippen LogP contribution in [0.5, 0.6) is 11.5 Å². The lowest BCUT2D eigenvalue weighted by Gasteiger charge is -2.21. The molecule has 0 saturated heterocycles. The van der Waals surface area contributed by atoms with Crippen LogP contribution in [0.3, 0.4) is 0 Å². The van der Waals surface area contributed by atoms with Crippen molar-refractivity contribution in [3.8, 4) is 11.5 Å². The number of aromatic nitrogens is 1. The molecule has 2 aromatic rings. The Morgan fingerprint density at radius 1 is 1.29 bits per heavy atom. The second kappa shape index (κ2) is 7.83. The maximum absolute atomic E-state index is 12.2. The average Bonchev–Trinajstić information content (AvgIpc) is 2.98. The number of carbonyl (C=O) groups excluding carboxylic acids is 1. The zero-order valence-corrected chi connectivity index (χ0v) is 14.3. The number of benzene rings is 1. The van der Waals surface area contributed by atoms with E-state index in [4.69, 9.17) is 14.0 Å². The highest BCUT2D eigenvalue weighted by atomic mass is 16.5. The largest absolute Gasteiger partial charge is 0.493 e. The van der Waals surface area contributed by atoms with E-state index in [1.165, 1.54) is 12.0 Å². The van der Waals surface area contributed by atoms with Crippen LogP contribution in [-0.4, -0.2) is 48.9 Å². The van der Waals surface area contributed by atoms with Gasteiger partial charge in [0.05, 0.1) is 39.0 Å². The van der Waals surface area contributed by atoms with Crippen molar-refractivity contribution in [3.63, 3.8) is 0 Å². The van der Waals surface area contributed by atoms with Crippen LogP contribution in [0.25, 0.3) is 0 Å². The predicted molar refractivity (Wildman–Crippen MR) is 87.1 cm³/mol. The maximum atomic E-state index is 12.2. The normalized spacial score (nSPS) is 11.9. The second-order valence-corrected chi connectivity index (χ2v) is 5.51. The number of hydrogen-bond acceptors (Lipinski definition) is 6. The molecule has 0 aliphatic heterocycles. The highest BCUT2D eigenvalue weighted by molar-refractivity contribution is 5.78. The fraction of sp³-hybridized carbons (Fsp3) is 0.412. The monoisotopic (exact) mass is 334 g/mol. The van der Waals surface area contributed by atoms with Crippen molar-refractivity contribution in [1.29, 1.82) is 0 Å². The Morgan fingerprint density at radius 3 is 2.58 bits per heavy atom. The first-order valence-corrected chi connectivity index (χ1v) is 7.50. The molecule has 1 aromatic carbocycles. The minimum Gasteiger partial charge on any atom is -0.493 e. The Hall–Kier alpha value is -2.54. The number of amides is 1. The van der Waals surface area contributed by atoms with Gasteiger partial charge >= 0.3 is 0 Å². The van der Waals surface area contributed by atoms with Gasteiger partial charge in [0.1, 0.15) is 5.76 Å². The molecule has 1 atom stereocenters. The molecule has 1 aromatic heterocycles. The van der Waals surface area contributed by atoms with Crippen LogP contribution in [0.2, 0.25) is 0 Å². The summed E-state index contributed by atoms with van der Waals surface area (Å²) in [5, 5.41) is 14.2. The molecule has 0 aliphatic rings. The number of likely N-dealkylation sites (N-methyl/N-ethyl adjacent to an activating group) is 1. The molecule has 0 radical (unpaired) electrons. The summed E-state index contributed by atoms with van der Waals surface area (Å²) in [6, 6.07) is 6.88. The minimum absolute atomic E-state index is 0.131. The van der Waals surface area contributed by atoms with E-state index in [0.29, 0.717) is 28.5 Å². The summed E-state index contributed by atoms with van der Waals surface area (Å²) in [5.41, 5.74) is 1.22. The van der Waals surface area contributed by atoms with Crippen molar-refractivity contribution in [3.05, 3.63) is 41.3 Å². The molecule has 0 aliphatic carbocycles. The molecule has 1 amide bonds. The first-order valence-electron chi connectivity index (χ1n) is 7.50. The molecule has 7 heteroatoms. The van der Waals surface area contributed by atoms with Crippen molar-refractivity contribution >= 4 is 5.91 Å². The zero-order valence-electron chi connectivity index (χ0n) is 14.3. The van der Waals surface area contributed by atoms with E-state index in [0.717, 1.165) is 0 Å². The van der Waals surface area contributed by atoms with Crippen molar-refractivity contribution in [2.75, 3.05) is 27.8 Å². The molecule has 1 unspecified atom stereocenters. The smallest absolute Gasteiger partial charge is 0.228 e. The molecule has 1 heterocycles. The quantitative estimate of drug-likeness (QED) is 0.830. The van der Waals surface area contributed by atoms with Gasteiger partial charge in [-0.1, -0.05) is 11.2 Å². The Bertz CT molecular complexity index is 698. The summed E-state index contributed by atoms with van der Waals surface area (Å²) < 4.78 is 15.3. The van der Waals surface area contributed by atoms with Crippen LogP contribution in [0.1, 0.15) is 23.1 Å². The molecule has 7 nitrogen and oxygen atoms in total. The summed E-state index contributed by atoms with van der Waals surface area (Å²) in [6.07, 6.45) is -0.704. The summed E-state index contributed by atoms with van der Waals surface area (Å²) in [7, 11) is 4.72. The molecule has 24 heavy (non-hydrogen) atoms. The van der Waals surface area contributed by atoms with E-state index in [9.17, 15) is 9.90 Å². The van der Waals surface area contributed by atoms with Crippen LogP contribution < -0.4 is 9.47 Å². The zero-order chi connectivity index (χ0) is 17.7. The molecule has 0 spiro atoms. The number of hydrogen-bond donors (Lipinski definition) is 1. The summed E-state index contributed by atoms with van der Waals surface area (Å²) >= 11 is 0. The Balaban J connectivity index is 2.00. The molecule has 2 rings (SSSR count). The van der Waals surface area contributed by atoms with Gasteiger partial charge in [-0.15, -0.1) is 0 Å². The van der Waals surface area contributed by atoms with Gasteiger partial charge in [0, 0.05) is 13.1 Å². The average molecular weight is 334 g/mol. The topological polar surface area (TPSA) is 85.0 Å². The van der Waals surface area contributed by atoms with Crippen molar-refractivity contribution < 1.29 is 23.9 Å². The number of aliphatic hydroxyl groups excluding tert-OH is 1. The third-order valence-corrected chi connectivity index (χ3v) is 3.67. The number of ether oxygens (including phenoxy) is 2. The SMILES string of the molecule is COc1ccc(C(O)CN(C)C(=O)Cc2cc(C)on2)cc1OC. The third-order valence-electron chi connectivity index (χ3n) is 3.67. The number of aliphatic hydroxyl groups is 1. The molecule has 0 bridgehead atoms. The van der Waals surface area contributed by atoms with Crippen LogP contribution in [0.4, 0.5) is 0 Å². The van der Waals surface area contributed by atoms with Crippen LogP contribution in [0, 0.1) is 6.92 Å². The van der Waals surface area contributed by atoms with Gasteiger partial charge in [-0.2, -0.15) is 0 Å². The van der Waals surface area contributed by atoms with Gasteiger partial charge < -0.3 is 24.0 Å². The highest BCUT2D eigenvalue weighted by Gasteiger charge is 2.18. The third kappa shape index (κ3) is 4.26. The lowest BCUT2D eigenvalue weighted by atomic mass is 10.1. The standard InChI is InChI=1S/C17H22N2O5/c1-11-7-13(18-24-11)9-17(21)19(2)10-14(20)12-5-6-15(22-3)16(8-12)23-4/h5-8,14,20H,9-10H2,1-4H3. The van der Waals surface area contributed by atoms with E-state index in [1.807, 2.05) is 0 Å². The molecule has 0 saturated carbocycles. The Kier molecular flexibility index (Phi) is 5.81. The number of carbonyl (C=O) groups is 1. The fourth-order valence-electron chi connectivity index (χ4n) is 2.32. The van der Waals surface area contributed by atoms with Gasteiger partial charge in [-0.25, -0.2) is 0 Å². The van der Waals surface area contributed by atoms with Crippen LogP contribution in [0.15, 0.2) is 28.8 Å². The Morgan fingerprint density at radius 2 is 2.00 bits per heavy atom. The van der Waals surface area contributed by atoms with Gasteiger partial charge in [-0.3, -0.25) is 4.79 Å². The second-order valence-electron chi connectivity index (χ2n) is 5.51. The molecular weight excluding hydrogens is 312 g/mol. The first-order chi connectivity index (χ1) is 11.4. The lowest BCUT2D eigenvalue weighted by Crippen LogP contribution is -2.32. The van der Waals surface area contributed by atoms with E-state index in [-0.39, 0.29) is 18.9 Å². The number of nitrogens with zero attached hydrogens (tertiary/aromatic N) is 2. The lowest BCUT2D eigenvalue weighted by molar-refractivity contribution is -0.130. The number of methoxy groups -OCH3 is 2. The first kappa shape index (κ1) is 17.8. The Labute approximate surface area is 140 Å². The molecule has 130 valence electrons. The van der Waals surface area contributed by atoms with Crippen LogP contribution in [-0.2, 0) is 11.2 Å². The van der Waals surface area contributed by atoms with Crippen molar-refractivity contribution in [2.45, 2.75) is 19.4 Å². The van der Waals surface area contributed by atoms with E-state index >= 15 is 0 Å². The minimum atomic E-state index is -0.835. The number of rotatable bonds is 7. The number of aryl methyl sites for hydroxylation is 1. The summed E-state index contributed by atoms with van der Waals surface area (Å²) in [4.78, 5) is 13.7. The van der Waals surface area contributed by atoms with Gasteiger partial charge in [0.25, 0.3) is 0 Å². The predicted octanol–water partition coefficient (Wildman–Crippen LogP) is 1.73.